The fourth-order valence-electron chi connectivity index (χ4n) is 3.75. The van der Waals surface area contributed by atoms with Gasteiger partial charge < -0.3 is 20.1 Å². The standard InChI is InChI=1S/C18H26N2O3/c1-12-7-13(2)10-20(9-12)6-5-16(21)14-3-4-17-15(8-14)19-18(22)11-23-17/h3-4,8,12-13,16,21H,5-7,9-11H2,1-2H3,(H,19,22). The van der Waals surface area contributed by atoms with E-state index in [-0.39, 0.29) is 12.5 Å². The third-order valence-electron chi connectivity index (χ3n) is 4.68. The molecule has 2 heterocycles. The second-order valence-electron chi connectivity index (χ2n) is 7.10. The van der Waals surface area contributed by atoms with E-state index >= 15 is 0 Å². The fraction of sp³-hybridized carbons (Fsp3) is 0.611. The Kier molecular flexibility index (Phi) is 4.87. The molecule has 0 bridgehead atoms. The minimum absolute atomic E-state index is 0.0558. The van der Waals surface area contributed by atoms with Crippen LogP contribution in [-0.4, -0.2) is 42.2 Å². The van der Waals surface area contributed by atoms with Gasteiger partial charge >= 0.3 is 0 Å². The van der Waals surface area contributed by atoms with Crippen LogP contribution in [0, 0.1) is 11.8 Å². The van der Waals surface area contributed by atoms with Crippen molar-refractivity contribution in [1.29, 1.82) is 0 Å². The molecule has 0 spiro atoms. The SMILES string of the molecule is CC1CC(C)CN(CCC(O)c2ccc3c(c2)NC(=O)CO3)C1. The quantitative estimate of drug-likeness (QED) is 0.895. The summed E-state index contributed by atoms with van der Waals surface area (Å²) in [6.07, 6.45) is 1.48. The Labute approximate surface area is 137 Å². The Morgan fingerprint density at radius 1 is 1.35 bits per heavy atom. The van der Waals surface area contributed by atoms with Gasteiger partial charge in [0.15, 0.2) is 6.61 Å². The number of aliphatic hydroxyl groups is 1. The molecule has 2 N–H and O–H groups in total. The summed E-state index contributed by atoms with van der Waals surface area (Å²) in [6, 6.07) is 5.51. The van der Waals surface area contributed by atoms with Crippen LogP contribution >= 0.6 is 0 Å². The van der Waals surface area contributed by atoms with Crippen LogP contribution in [0.2, 0.25) is 0 Å². The number of piperidine rings is 1. The lowest BCUT2D eigenvalue weighted by molar-refractivity contribution is -0.118. The van der Waals surface area contributed by atoms with E-state index in [1.807, 2.05) is 18.2 Å². The van der Waals surface area contributed by atoms with Crippen molar-refractivity contribution in [3.05, 3.63) is 23.8 Å². The van der Waals surface area contributed by atoms with Crippen LogP contribution in [-0.2, 0) is 4.79 Å². The van der Waals surface area contributed by atoms with Crippen LogP contribution in [0.3, 0.4) is 0 Å². The van der Waals surface area contributed by atoms with E-state index < -0.39 is 6.10 Å². The van der Waals surface area contributed by atoms with Gasteiger partial charge in [0.1, 0.15) is 5.75 Å². The molecule has 126 valence electrons. The molecule has 0 radical (unpaired) electrons. The summed E-state index contributed by atoms with van der Waals surface area (Å²) in [7, 11) is 0. The Morgan fingerprint density at radius 2 is 2.09 bits per heavy atom. The minimum Gasteiger partial charge on any atom is -0.482 e. The van der Waals surface area contributed by atoms with Crippen molar-refractivity contribution in [2.45, 2.75) is 32.8 Å². The van der Waals surface area contributed by atoms with Gasteiger partial charge in [-0.15, -0.1) is 0 Å². The molecule has 2 aliphatic rings. The molecule has 5 heteroatoms. The zero-order valence-corrected chi connectivity index (χ0v) is 13.9. The maximum Gasteiger partial charge on any atom is 0.262 e. The van der Waals surface area contributed by atoms with Gasteiger partial charge in [-0.2, -0.15) is 0 Å². The van der Waals surface area contributed by atoms with Crippen LogP contribution < -0.4 is 10.1 Å². The molecule has 23 heavy (non-hydrogen) atoms. The summed E-state index contributed by atoms with van der Waals surface area (Å²) in [6.45, 7) is 7.78. The number of nitrogens with one attached hydrogen (secondary N) is 1. The number of ether oxygens (including phenoxy) is 1. The van der Waals surface area contributed by atoms with Gasteiger partial charge in [-0.05, 0) is 42.4 Å². The number of benzene rings is 1. The van der Waals surface area contributed by atoms with Gasteiger partial charge in [0.25, 0.3) is 5.91 Å². The minimum atomic E-state index is -0.522. The van der Waals surface area contributed by atoms with Gasteiger partial charge in [0.05, 0.1) is 11.8 Å². The van der Waals surface area contributed by atoms with Crippen LogP contribution in [0.1, 0.15) is 38.4 Å². The number of rotatable bonds is 4. The fourth-order valence-corrected chi connectivity index (χ4v) is 3.75. The van der Waals surface area contributed by atoms with E-state index in [9.17, 15) is 9.90 Å². The molecule has 1 aromatic rings. The number of hydrogen-bond acceptors (Lipinski definition) is 4. The highest BCUT2D eigenvalue weighted by molar-refractivity contribution is 5.95. The first-order valence-corrected chi connectivity index (χ1v) is 8.48. The number of anilines is 1. The van der Waals surface area contributed by atoms with E-state index in [0.717, 1.165) is 37.0 Å². The zero-order valence-electron chi connectivity index (χ0n) is 13.9. The van der Waals surface area contributed by atoms with Gasteiger partial charge in [-0.1, -0.05) is 19.9 Å². The molecule has 1 saturated heterocycles. The molecule has 2 aliphatic heterocycles. The number of carbonyl (C=O) groups is 1. The third-order valence-corrected chi connectivity index (χ3v) is 4.68. The van der Waals surface area contributed by atoms with Crippen LogP contribution in [0.4, 0.5) is 5.69 Å². The lowest BCUT2D eigenvalue weighted by Crippen LogP contribution is -2.39. The summed E-state index contributed by atoms with van der Waals surface area (Å²) in [5.74, 6) is 1.97. The number of carbonyl (C=O) groups excluding carboxylic acids is 1. The Bertz CT molecular complexity index is 565. The van der Waals surface area contributed by atoms with Gasteiger partial charge in [0.2, 0.25) is 0 Å². The molecule has 5 nitrogen and oxygen atoms in total. The number of aliphatic hydroxyl groups excluding tert-OH is 1. The van der Waals surface area contributed by atoms with Crippen molar-refractivity contribution >= 4 is 11.6 Å². The predicted octanol–water partition coefficient (Wildman–Crippen LogP) is 2.42. The number of likely N-dealkylation sites (tertiary alicyclic amines) is 1. The maximum atomic E-state index is 11.4. The first-order chi connectivity index (χ1) is 11.0. The first-order valence-electron chi connectivity index (χ1n) is 8.48. The topological polar surface area (TPSA) is 61.8 Å². The lowest BCUT2D eigenvalue weighted by atomic mass is 9.91. The molecular formula is C18H26N2O3. The van der Waals surface area contributed by atoms with Crippen molar-refractivity contribution in [3.63, 3.8) is 0 Å². The number of nitrogens with zero attached hydrogens (tertiary/aromatic N) is 1. The van der Waals surface area contributed by atoms with E-state index in [2.05, 4.69) is 24.1 Å². The van der Waals surface area contributed by atoms with Crippen LogP contribution in [0.5, 0.6) is 5.75 Å². The number of amides is 1. The lowest BCUT2D eigenvalue weighted by Gasteiger charge is -2.35. The monoisotopic (exact) mass is 318 g/mol. The molecule has 0 aromatic heterocycles. The summed E-state index contributed by atoms with van der Waals surface area (Å²) in [5, 5.41) is 13.3. The van der Waals surface area contributed by atoms with Gasteiger partial charge in [-0.3, -0.25) is 4.79 Å². The van der Waals surface area contributed by atoms with Gasteiger partial charge in [-0.25, -0.2) is 0 Å². The molecule has 0 saturated carbocycles. The van der Waals surface area contributed by atoms with Crippen LogP contribution in [0.25, 0.3) is 0 Å². The molecular weight excluding hydrogens is 292 g/mol. The second-order valence-corrected chi connectivity index (χ2v) is 7.10. The largest absolute Gasteiger partial charge is 0.482 e. The third kappa shape index (κ3) is 4.03. The highest BCUT2D eigenvalue weighted by Crippen LogP contribution is 2.31. The average Bonchev–Trinajstić information content (AvgIpc) is 2.51. The van der Waals surface area contributed by atoms with Crippen molar-refractivity contribution in [3.8, 4) is 5.75 Å². The number of fused-ring (bicyclic) bond motifs is 1. The van der Waals surface area contributed by atoms with Crippen molar-refractivity contribution in [2.24, 2.45) is 11.8 Å². The molecule has 1 fully saturated rings. The zero-order chi connectivity index (χ0) is 16.4. The van der Waals surface area contributed by atoms with Gasteiger partial charge in [0, 0.05) is 19.6 Å². The van der Waals surface area contributed by atoms with Crippen molar-refractivity contribution < 1.29 is 14.6 Å². The maximum absolute atomic E-state index is 11.4. The molecule has 1 aromatic carbocycles. The molecule has 3 rings (SSSR count). The molecule has 3 unspecified atom stereocenters. The summed E-state index contributed by atoms with van der Waals surface area (Å²) >= 11 is 0. The van der Waals surface area contributed by atoms with E-state index in [1.54, 1.807) is 0 Å². The average molecular weight is 318 g/mol. The Hall–Kier alpha value is -1.59. The Balaban J connectivity index is 1.59. The molecule has 1 amide bonds. The highest BCUT2D eigenvalue weighted by atomic mass is 16.5. The molecule has 3 atom stereocenters. The summed E-state index contributed by atoms with van der Waals surface area (Å²) in [4.78, 5) is 13.8. The summed E-state index contributed by atoms with van der Waals surface area (Å²) in [5.41, 5.74) is 1.48. The number of hydrogen-bond donors (Lipinski definition) is 2. The van der Waals surface area contributed by atoms with Crippen molar-refractivity contribution in [1.82, 2.24) is 4.90 Å². The van der Waals surface area contributed by atoms with E-state index in [0.29, 0.717) is 17.9 Å². The van der Waals surface area contributed by atoms with Crippen molar-refractivity contribution in [2.75, 3.05) is 31.6 Å². The van der Waals surface area contributed by atoms with E-state index in [4.69, 9.17) is 4.74 Å². The second kappa shape index (κ2) is 6.89. The Morgan fingerprint density at radius 3 is 2.83 bits per heavy atom. The van der Waals surface area contributed by atoms with E-state index in [1.165, 1.54) is 6.42 Å². The highest BCUT2D eigenvalue weighted by Gasteiger charge is 2.23. The molecule has 0 aliphatic carbocycles. The normalized spacial score (nSPS) is 26.1. The summed E-state index contributed by atoms with van der Waals surface area (Å²) < 4.78 is 5.35. The first kappa shape index (κ1) is 16.3. The predicted molar refractivity (Wildman–Crippen MR) is 89.5 cm³/mol. The van der Waals surface area contributed by atoms with Crippen LogP contribution in [0.15, 0.2) is 18.2 Å². The smallest absolute Gasteiger partial charge is 0.262 e.